The minimum absolute atomic E-state index is 0.0917. The fourth-order valence-corrected chi connectivity index (χ4v) is 4.60. The molecule has 4 heteroatoms. The third kappa shape index (κ3) is 3.46. The second kappa shape index (κ2) is 6.98. The Labute approximate surface area is 121 Å². The monoisotopic (exact) mass is 284 g/mol. The highest BCUT2D eigenvalue weighted by atomic mass is 32.2. The number of carbonyl (C=O) groups excluding carboxylic acids is 1. The average Bonchev–Trinajstić information content (AvgIpc) is 2.87. The maximum atomic E-state index is 12.8. The lowest BCUT2D eigenvalue weighted by Crippen LogP contribution is -2.51. The van der Waals surface area contributed by atoms with Crippen LogP contribution in [0.3, 0.4) is 0 Å². The molecule has 1 amide bonds. The number of amides is 1. The van der Waals surface area contributed by atoms with Crippen molar-refractivity contribution in [3.05, 3.63) is 0 Å². The Balaban J connectivity index is 1.99. The second-order valence-electron chi connectivity index (χ2n) is 6.07. The number of hydrogen-bond acceptors (Lipinski definition) is 3. The van der Waals surface area contributed by atoms with Crippen LogP contribution in [-0.2, 0) is 4.79 Å². The molecule has 3 nitrogen and oxygen atoms in total. The van der Waals surface area contributed by atoms with Gasteiger partial charge < -0.3 is 10.6 Å². The first kappa shape index (κ1) is 15.2. The molecule has 2 fully saturated rings. The van der Waals surface area contributed by atoms with Crippen molar-refractivity contribution in [1.29, 1.82) is 0 Å². The number of nitrogens with one attached hydrogen (secondary N) is 2. The highest BCUT2D eigenvalue weighted by Crippen LogP contribution is 2.36. The Bertz CT molecular complexity index is 297. The van der Waals surface area contributed by atoms with Crippen LogP contribution in [0.25, 0.3) is 0 Å². The molecule has 2 aliphatic rings. The lowest BCUT2D eigenvalue weighted by Gasteiger charge is -2.37. The standard InChI is InChI=1S/C15H28N2OS/c1-3-7-15(8-10-16-11-9-15)14(18)17-12-5-4-6-13(12)19-2/h12-13,16H,3-11H2,1-2H3,(H,17,18). The number of hydrogen-bond donors (Lipinski definition) is 2. The number of carbonyl (C=O) groups is 1. The number of rotatable bonds is 5. The van der Waals surface area contributed by atoms with Gasteiger partial charge in [-0.2, -0.15) is 11.8 Å². The Morgan fingerprint density at radius 1 is 1.37 bits per heavy atom. The van der Waals surface area contributed by atoms with Crippen molar-refractivity contribution >= 4 is 17.7 Å². The van der Waals surface area contributed by atoms with Crippen LogP contribution in [0.2, 0.25) is 0 Å². The molecule has 0 aromatic carbocycles. The molecule has 0 radical (unpaired) electrons. The normalized spacial score (nSPS) is 30.2. The molecular weight excluding hydrogens is 256 g/mol. The van der Waals surface area contributed by atoms with E-state index in [-0.39, 0.29) is 5.41 Å². The van der Waals surface area contributed by atoms with Gasteiger partial charge in [0.1, 0.15) is 0 Å². The van der Waals surface area contributed by atoms with Crippen molar-refractivity contribution in [3.63, 3.8) is 0 Å². The van der Waals surface area contributed by atoms with Crippen molar-refractivity contribution in [1.82, 2.24) is 10.6 Å². The van der Waals surface area contributed by atoms with E-state index in [9.17, 15) is 4.79 Å². The molecule has 19 heavy (non-hydrogen) atoms. The summed E-state index contributed by atoms with van der Waals surface area (Å²) in [6, 6.07) is 0.408. The smallest absolute Gasteiger partial charge is 0.226 e. The van der Waals surface area contributed by atoms with E-state index in [2.05, 4.69) is 23.8 Å². The van der Waals surface area contributed by atoms with Gasteiger partial charge in [0.25, 0.3) is 0 Å². The zero-order valence-corrected chi connectivity index (χ0v) is 13.2. The van der Waals surface area contributed by atoms with Gasteiger partial charge in [0, 0.05) is 11.3 Å². The molecule has 1 saturated heterocycles. The van der Waals surface area contributed by atoms with Crippen LogP contribution in [0.5, 0.6) is 0 Å². The number of piperidine rings is 1. The molecule has 110 valence electrons. The summed E-state index contributed by atoms with van der Waals surface area (Å²) >= 11 is 1.91. The van der Waals surface area contributed by atoms with Crippen molar-refractivity contribution in [2.75, 3.05) is 19.3 Å². The van der Waals surface area contributed by atoms with Crippen LogP contribution in [0.15, 0.2) is 0 Å². The van der Waals surface area contributed by atoms with Crippen LogP contribution < -0.4 is 10.6 Å². The minimum Gasteiger partial charge on any atom is -0.352 e. The molecule has 1 saturated carbocycles. The largest absolute Gasteiger partial charge is 0.352 e. The second-order valence-corrected chi connectivity index (χ2v) is 7.14. The Kier molecular flexibility index (Phi) is 5.58. The van der Waals surface area contributed by atoms with Gasteiger partial charge in [-0.15, -0.1) is 0 Å². The summed E-state index contributed by atoms with van der Waals surface area (Å²) in [5.41, 5.74) is -0.0917. The predicted octanol–water partition coefficient (Wildman–Crippen LogP) is 2.56. The van der Waals surface area contributed by atoms with Crippen LogP contribution in [0.1, 0.15) is 51.9 Å². The van der Waals surface area contributed by atoms with Crippen LogP contribution in [0.4, 0.5) is 0 Å². The molecular formula is C15H28N2OS. The first-order valence-electron chi connectivity index (χ1n) is 7.76. The molecule has 2 rings (SSSR count). The maximum absolute atomic E-state index is 12.8. The van der Waals surface area contributed by atoms with Gasteiger partial charge in [-0.25, -0.2) is 0 Å². The summed E-state index contributed by atoms with van der Waals surface area (Å²) in [4.78, 5) is 12.8. The third-order valence-electron chi connectivity index (χ3n) is 4.84. The molecule has 0 aromatic heterocycles. The molecule has 1 heterocycles. The molecule has 0 aromatic rings. The molecule has 1 aliphatic carbocycles. The van der Waals surface area contributed by atoms with Crippen molar-refractivity contribution < 1.29 is 4.79 Å². The van der Waals surface area contributed by atoms with E-state index in [1.165, 1.54) is 12.8 Å². The van der Waals surface area contributed by atoms with Crippen LogP contribution in [-0.4, -0.2) is 36.5 Å². The van der Waals surface area contributed by atoms with E-state index in [0.29, 0.717) is 17.2 Å². The molecule has 1 aliphatic heterocycles. The lowest BCUT2D eigenvalue weighted by atomic mass is 9.74. The SMILES string of the molecule is CCCC1(C(=O)NC2CCCC2SC)CCNCC1. The zero-order valence-electron chi connectivity index (χ0n) is 12.3. The fourth-order valence-electron chi connectivity index (χ4n) is 3.67. The summed E-state index contributed by atoms with van der Waals surface area (Å²) < 4.78 is 0. The lowest BCUT2D eigenvalue weighted by molar-refractivity contribution is -0.133. The first-order valence-corrected chi connectivity index (χ1v) is 9.05. The van der Waals surface area contributed by atoms with Gasteiger partial charge in [-0.1, -0.05) is 19.8 Å². The van der Waals surface area contributed by atoms with E-state index in [1.807, 2.05) is 11.8 Å². The van der Waals surface area contributed by atoms with E-state index in [0.717, 1.165) is 45.2 Å². The zero-order chi connectivity index (χ0) is 13.7. The summed E-state index contributed by atoms with van der Waals surface area (Å²) in [6.45, 7) is 4.17. The summed E-state index contributed by atoms with van der Waals surface area (Å²) in [7, 11) is 0. The van der Waals surface area contributed by atoms with E-state index in [1.54, 1.807) is 0 Å². The topological polar surface area (TPSA) is 41.1 Å². The average molecular weight is 284 g/mol. The quantitative estimate of drug-likeness (QED) is 0.815. The van der Waals surface area contributed by atoms with Gasteiger partial charge >= 0.3 is 0 Å². The van der Waals surface area contributed by atoms with Gasteiger partial charge in [0.05, 0.1) is 5.41 Å². The van der Waals surface area contributed by atoms with Crippen LogP contribution >= 0.6 is 11.8 Å². The molecule has 2 unspecified atom stereocenters. The van der Waals surface area contributed by atoms with E-state index >= 15 is 0 Å². The van der Waals surface area contributed by atoms with E-state index < -0.39 is 0 Å². The fraction of sp³-hybridized carbons (Fsp3) is 0.933. The Morgan fingerprint density at radius 2 is 2.11 bits per heavy atom. The minimum atomic E-state index is -0.0917. The molecule has 2 atom stereocenters. The highest BCUT2D eigenvalue weighted by Gasteiger charge is 2.40. The van der Waals surface area contributed by atoms with Gasteiger partial charge in [-0.05, 0) is 51.4 Å². The molecule has 0 spiro atoms. The molecule has 0 bridgehead atoms. The van der Waals surface area contributed by atoms with E-state index in [4.69, 9.17) is 0 Å². The summed E-state index contributed by atoms with van der Waals surface area (Å²) in [6.07, 6.45) is 10.0. The first-order chi connectivity index (χ1) is 9.22. The highest BCUT2D eigenvalue weighted by molar-refractivity contribution is 7.99. The summed E-state index contributed by atoms with van der Waals surface area (Å²) in [5, 5.41) is 7.40. The Morgan fingerprint density at radius 3 is 2.74 bits per heavy atom. The van der Waals surface area contributed by atoms with Gasteiger partial charge in [0.2, 0.25) is 5.91 Å². The number of thioether (sulfide) groups is 1. The molecule has 2 N–H and O–H groups in total. The third-order valence-corrected chi connectivity index (χ3v) is 6.01. The summed E-state index contributed by atoms with van der Waals surface area (Å²) in [5.74, 6) is 0.335. The van der Waals surface area contributed by atoms with Crippen molar-refractivity contribution in [2.24, 2.45) is 5.41 Å². The van der Waals surface area contributed by atoms with Gasteiger partial charge in [-0.3, -0.25) is 4.79 Å². The predicted molar refractivity (Wildman–Crippen MR) is 82.5 cm³/mol. The van der Waals surface area contributed by atoms with Crippen molar-refractivity contribution in [2.45, 2.75) is 63.2 Å². The maximum Gasteiger partial charge on any atom is 0.226 e. The van der Waals surface area contributed by atoms with Crippen LogP contribution in [0, 0.1) is 5.41 Å². The Hall–Kier alpha value is -0.220. The van der Waals surface area contributed by atoms with Gasteiger partial charge in [0.15, 0.2) is 0 Å². The van der Waals surface area contributed by atoms with Crippen molar-refractivity contribution in [3.8, 4) is 0 Å².